The molecule has 1 aliphatic heterocycles. The van der Waals surface area contributed by atoms with Gasteiger partial charge in [-0.1, -0.05) is 18.2 Å². The van der Waals surface area contributed by atoms with Crippen molar-refractivity contribution >= 4 is 22.4 Å². The summed E-state index contributed by atoms with van der Waals surface area (Å²) in [5, 5.41) is 2.68. The molecule has 1 atom stereocenters. The second kappa shape index (κ2) is 8.76. The fourth-order valence-corrected chi connectivity index (χ4v) is 4.32. The number of aromatic nitrogens is 1. The number of aryl methyl sites for hydroxylation is 1. The Hall–Kier alpha value is -2.70. The molecule has 5 nitrogen and oxygen atoms in total. The second-order valence-corrected chi connectivity index (χ2v) is 7.95. The fourth-order valence-electron chi connectivity index (χ4n) is 3.48. The summed E-state index contributed by atoms with van der Waals surface area (Å²) in [5.74, 6) is 0.771. The minimum absolute atomic E-state index is 0.0331. The molecule has 2 heterocycles. The number of amides is 1. The molecule has 6 heteroatoms. The van der Waals surface area contributed by atoms with Crippen LogP contribution in [0.15, 0.2) is 53.9 Å². The van der Waals surface area contributed by atoms with Crippen molar-refractivity contribution < 1.29 is 14.3 Å². The van der Waals surface area contributed by atoms with Gasteiger partial charge in [-0.3, -0.25) is 9.69 Å². The van der Waals surface area contributed by atoms with Gasteiger partial charge in [0.05, 0.1) is 25.5 Å². The Morgan fingerprint density at radius 3 is 2.72 bits per heavy atom. The number of carbonyl (C=O) groups excluding carboxylic acids is 1. The Labute approximate surface area is 174 Å². The molecule has 2 aromatic carbocycles. The number of rotatable bonds is 6. The first kappa shape index (κ1) is 19.6. The third-order valence-electron chi connectivity index (χ3n) is 5.14. The molecule has 1 saturated heterocycles. The third-order valence-corrected chi connectivity index (χ3v) is 6.00. The number of thiazole rings is 1. The Kier molecular flexibility index (Phi) is 5.92. The monoisotopic (exact) mass is 408 g/mol. The molecule has 4 rings (SSSR count). The Bertz CT molecular complexity index is 978. The SMILES string of the molecule is COc1ccc(-c2csc(N(CC3CCCO3)C(=O)c3ccccc3C)n2)cc1. The summed E-state index contributed by atoms with van der Waals surface area (Å²) in [6.07, 6.45) is 2.05. The average Bonchev–Trinajstić information content (AvgIpc) is 3.44. The molecule has 0 radical (unpaired) electrons. The van der Waals surface area contributed by atoms with Crippen LogP contribution in [-0.4, -0.2) is 37.3 Å². The van der Waals surface area contributed by atoms with Gasteiger partial charge in [0.25, 0.3) is 5.91 Å². The van der Waals surface area contributed by atoms with Gasteiger partial charge < -0.3 is 9.47 Å². The third kappa shape index (κ3) is 4.33. The van der Waals surface area contributed by atoms with Crippen molar-refractivity contribution in [3.05, 3.63) is 65.0 Å². The minimum atomic E-state index is -0.0331. The molecule has 0 spiro atoms. The quantitative estimate of drug-likeness (QED) is 0.579. The van der Waals surface area contributed by atoms with E-state index in [-0.39, 0.29) is 12.0 Å². The van der Waals surface area contributed by atoms with Gasteiger partial charge in [0, 0.05) is 23.1 Å². The zero-order chi connectivity index (χ0) is 20.2. The first-order valence-electron chi connectivity index (χ1n) is 9.75. The number of hydrogen-bond acceptors (Lipinski definition) is 5. The smallest absolute Gasteiger partial charge is 0.260 e. The van der Waals surface area contributed by atoms with Gasteiger partial charge in [0.15, 0.2) is 5.13 Å². The van der Waals surface area contributed by atoms with E-state index in [1.54, 1.807) is 12.0 Å². The highest BCUT2D eigenvalue weighted by Crippen LogP contribution is 2.31. The highest BCUT2D eigenvalue weighted by Gasteiger charge is 2.27. The molecule has 150 valence electrons. The summed E-state index contributed by atoms with van der Waals surface area (Å²) < 4.78 is 11.0. The molecule has 3 aromatic rings. The Morgan fingerprint density at radius 1 is 1.24 bits per heavy atom. The van der Waals surface area contributed by atoms with Crippen molar-refractivity contribution in [2.45, 2.75) is 25.9 Å². The van der Waals surface area contributed by atoms with E-state index in [4.69, 9.17) is 14.5 Å². The summed E-state index contributed by atoms with van der Waals surface area (Å²) in [7, 11) is 1.65. The number of carbonyl (C=O) groups is 1. The van der Waals surface area contributed by atoms with Crippen molar-refractivity contribution in [3.63, 3.8) is 0 Å². The fraction of sp³-hybridized carbons (Fsp3) is 0.304. The lowest BCUT2D eigenvalue weighted by Gasteiger charge is -2.23. The molecule has 1 aliphatic rings. The number of anilines is 1. The maximum absolute atomic E-state index is 13.4. The van der Waals surface area contributed by atoms with Gasteiger partial charge in [-0.25, -0.2) is 4.98 Å². The van der Waals surface area contributed by atoms with Crippen LogP contribution in [0.1, 0.15) is 28.8 Å². The second-order valence-electron chi connectivity index (χ2n) is 7.11. The predicted molar refractivity (Wildman–Crippen MR) is 116 cm³/mol. The Balaban J connectivity index is 1.64. The van der Waals surface area contributed by atoms with E-state index in [9.17, 15) is 4.79 Å². The van der Waals surface area contributed by atoms with Crippen molar-refractivity contribution in [2.75, 3.05) is 25.2 Å². The lowest BCUT2D eigenvalue weighted by atomic mass is 10.1. The molecule has 0 saturated carbocycles. The number of hydrogen-bond donors (Lipinski definition) is 0. The lowest BCUT2D eigenvalue weighted by Crippen LogP contribution is -2.37. The first-order chi connectivity index (χ1) is 14.2. The number of nitrogens with zero attached hydrogens (tertiary/aromatic N) is 2. The van der Waals surface area contributed by atoms with E-state index < -0.39 is 0 Å². The van der Waals surface area contributed by atoms with Gasteiger partial charge in [0.1, 0.15) is 5.75 Å². The van der Waals surface area contributed by atoms with E-state index in [1.165, 1.54) is 11.3 Å². The molecule has 0 N–H and O–H groups in total. The van der Waals surface area contributed by atoms with Crippen LogP contribution in [-0.2, 0) is 4.74 Å². The number of benzene rings is 2. The van der Waals surface area contributed by atoms with Gasteiger partial charge in [0.2, 0.25) is 0 Å². The lowest BCUT2D eigenvalue weighted by molar-refractivity contribution is 0.0917. The highest BCUT2D eigenvalue weighted by molar-refractivity contribution is 7.14. The zero-order valence-electron chi connectivity index (χ0n) is 16.6. The van der Waals surface area contributed by atoms with Crippen molar-refractivity contribution in [1.82, 2.24) is 4.98 Å². The van der Waals surface area contributed by atoms with Crippen molar-refractivity contribution in [2.24, 2.45) is 0 Å². The highest BCUT2D eigenvalue weighted by atomic mass is 32.1. The van der Waals surface area contributed by atoms with E-state index in [0.29, 0.717) is 17.2 Å². The Morgan fingerprint density at radius 2 is 2.03 bits per heavy atom. The molecule has 1 fully saturated rings. The molecule has 1 amide bonds. The molecular weight excluding hydrogens is 384 g/mol. The summed E-state index contributed by atoms with van der Waals surface area (Å²) in [6, 6.07) is 15.5. The first-order valence-corrected chi connectivity index (χ1v) is 10.6. The van der Waals surface area contributed by atoms with Crippen LogP contribution in [0.3, 0.4) is 0 Å². The predicted octanol–water partition coefficient (Wildman–Crippen LogP) is 4.95. The largest absolute Gasteiger partial charge is 0.497 e. The van der Waals surface area contributed by atoms with Crippen LogP contribution in [0.4, 0.5) is 5.13 Å². The zero-order valence-corrected chi connectivity index (χ0v) is 17.4. The van der Waals surface area contributed by atoms with Gasteiger partial charge >= 0.3 is 0 Å². The van der Waals surface area contributed by atoms with Gasteiger partial charge in [-0.05, 0) is 55.7 Å². The van der Waals surface area contributed by atoms with Crippen molar-refractivity contribution in [1.29, 1.82) is 0 Å². The summed E-state index contributed by atoms with van der Waals surface area (Å²) in [6.45, 7) is 3.23. The molecular formula is C23H24N2O3S. The van der Waals surface area contributed by atoms with Crippen LogP contribution < -0.4 is 9.64 Å². The number of ether oxygens (including phenoxy) is 2. The van der Waals surface area contributed by atoms with Crippen LogP contribution in [0.2, 0.25) is 0 Å². The van der Waals surface area contributed by atoms with E-state index in [2.05, 4.69) is 0 Å². The van der Waals surface area contributed by atoms with Crippen LogP contribution >= 0.6 is 11.3 Å². The van der Waals surface area contributed by atoms with Gasteiger partial charge in [-0.2, -0.15) is 0 Å². The standard InChI is InChI=1S/C23H24N2O3S/c1-16-6-3-4-8-20(16)22(26)25(14-19-7-5-13-28-19)23-24-21(15-29-23)17-9-11-18(27-2)12-10-17/h3-4,6,8-12,15,19H,5,7,13-14H2,1-2H3. The van der Waals surface area contributed by atoms with Crippen LogP contribution in [0.5, 0.6) is 5.75 Å². The van der Waals surface area contributed by atoms with Crippen molar-refractivity contribution in [3.8, 4) is 17.0 Å². The van der Waals surface area contributed by atoms with E-state index in [0.717, 1.165) is 42.0 Å². The summed E-state index contributed by atoms with van der Waals surface area (Å²) in [5.41, 5.74) is 3.50. The molecule has 0 bridgehead atoms. The van der Waals surface area contributed by atoms with Crippen LogP contribution in [0, 0.1) is 6.92 Å². The molecule has 1 aromatic heterocycles. The topological polar surface area (TPSA) is 51.7 Å². The normalized spacial score (nSPS) is 16.0. The average molecular weight is 409 g/mol. The maximum Gasteiger partial charge on any atom is 0.260 e. The minimum Gasteiger partial charge on any atom is -0.497 e. The number of methoxy groups -OCH3 is 1. The maximum atomic E-state index is 13.4. The molecule has 29 heavy (non-hydrogen) atoms. The van der Waals surface area contributed by atoms with Gasteiger partial charge in [-0.15, -0.1) is 11.3 Å². The molecule has 0 aliphatic carbocycles. The summed E-state index contributed by atoms with van der Waals surface area (Å²) >= 11 is 1.48. The van der Waals surface area contributed by atoms with Crippen LogP contribution in [0.25, 0.3) is 11.3 Å². The van der Waals surface area contributed by atoms with E-state index >= 15 is 0 Å². The summed E-state index contributed by atoms with van der Waals surface area (Å²) in [4.78, 5) is 20.0. The molecule has 1 unspecified atom stereocenters. The van der Waals surface area contributed by atoms with E-state index in [1.807, 2.05) is 60.8 Å².